The summed E-state index contributed by atoms with van der Waals surface area (Å²) in [4.78, 5) is 26.2. The van der Waals surface area contributed by atoms with Gasteiger partial charge in [0.2, 0.25) is 0 Å². The highest BCUT2D eigenvalue weighted by Gasteiger charge is 2.25. The summed E-state index contributed by atoms with van der Waals surface area (Å²) in [7, 11) is 0. The van der Waals surface area contributed by atoms with Gasteiger partial charge < -0.3 is 10.1 Å². The van der Waals surface area contributed by atoms with Crippen LogP contribution >= 0.6 is 34.5 Å². The van der Waals surface area contributed by atoms with Crippen molar-refractivity contribution in [3.8, 4) is 10.4 Å². The maximum atomic E-state index is 13.5. The lowest BCUT2D eigenvalue weighted by atomic mass is 10.1. The number of esters is 1. The summed E-state index contributed by atoms with van der Waals surface area (Å²) in [6, 6.07) is 10.2. The van der Waals surface area contributed by atoms with Crippen LogP contribution < -0.4 is 10.6 Å². The minimum absolute atomic E-state index is 0.184. The highest BCUT2D eigenvalue weighted by molar-refractivity contribution is 7.20. The van der Waals surface area contributed by atoms with Crippen LogP contribution in [0.15, 0.2) is 42.5 Å². The number of rotatable bonds is 4. The molecule has 9 heteroatoms. The second kappa shape index (κ2) is 9.48. The third-order valence-corrected chi connectivity index (χ3v) is 5.95. The number of amides is 2. The molecule has 0 fully saturated rings. The molecule has 0 aliphatic heterocycles. The third-order valence-electron chi connectivity index (χ3n) is 4.23. The van der Waals surface area contributed by atoms with Gasteiger partial charge in [0.25, 0.3) is 0 Å². The summed E-state index contributed by atoms with van der Waals surface area (Å²) in [5, 5.41) is 6.10. The van der Waals surface area contributed by atoms with E-state index in [9.17, 15) is 14.0 Å². The molecule has 2 amide bonds. The fourth-order valence-electron chi connectivity index (χ4n) is 2.87. The molecule has 5 nitrogen and oxygen atoms in total. The van der Waals surface area contributed by atoms with Gasteiger partial charge in [0.1, 0.15) is 16.4 Å². The van der Waals surface area contributed by atoms with Crippen molar-refractivity contribution in [3.63, 3.8) is 0 Å². The van der Waals surface area contributed by atoms with Crippen molar-refractivity contribution in [2.75, 3.05) is 10.6 Å². The SMILES string of the molecule is Cc1cc(F)ccc1-c1cc(C(=O)OC(C)(C)C)c(NC(=O)Nc2c(Cl)cccc2Cl)s1. The van der Waals surface area contributed by atoms with Gasteiger partial charge in [-0.05, 0) is 69.2 Å². The van der Waals surface area contributed by atoms with Crippen LogP contribution in [0.3, 0.4) is 0 Å². The molecule has 1 heterocycles. The number of aryl methyl sites for hydroxylation is 1. The van der Waals surface area contributed by atoms with E-state index < -0.39 is 17.6 Å². The van der Waals surface area contributed by atoms with Crippen molar-refractivity contribution in [1.82, 2.24) is 0 Å². The van der Waals surface area contributed by atoms with Gasteiger partial charge in [-0.15, -0.1) is 11.3 Å². The standard InChI is InChI=1S/C23H21Cl2FN2O3S/c1-12-10-13(26)8-9-14(12)18-11-15(21(29)31-23(2,3)4)20(32-18)28-22(30)27-19-16(24)6-5-7-17(19)25/h5-11H,1-4H3,(H2,27,28,30). The van der Waals surface area contributed by atoms with Crippen molar-refractivity contribution in [2.24, 2.45) is 0 Å². The van der Waals surface area contributed by atoms with Gasteiger partial charge in [-0.25, -0.2) is 14.0 Å². The lowest BCUT2D eigenvalue weighted by Gasteiger charge is -2.19. The first-order chi connectivity index (χ1) is 14.9. The first kappa shape index (κ1) is 24.0. The van der Waals surface area contributed by atoms with Crippen LogP contribution in [0.2, 0.25) is 10.0 Å². The van der Waals surface area contributed by atoms with Crippen molar-refractivity contribution in [1.29, 1.82) is 0 Å². The molecule has 2 N–H and O–H groups in total. The lowest BCUT2D eigenvalue weighted by molar-refractivity contribution is 0.00713. The Hall–Kier alpha value is -2.61. The summed E-state index contributed by atoms with van der Waals surface area (Å²) in [6.45, 7) is 7.02. The molecular formula is C23H21Cl2FN2O3S. The zero-order valence-electron chi connectivity index (χ0n) is 17.8. The predicted octanol–water partition coefficient (Wildman–Crippen LogP) is 7.77. The van der Waals surface area contributed by atoms with E-state index in [2.05, 4.69) is 10.6 Å². The molecule has 0 atom stereocenters. The Bertz CT molecular complexity index is 1170. The van der Waals surface area contributed by atoms with Crippen LogP contribution in [0.5, 0.6) is 0 Å². The Labute approximate surface area is 199 Å². The van der Waals surface area contributed by atoms with E-state index >= 15 is 0 Å². The number of benzene rings is 2. The van der Waals surface area contributed by atoms with Crippen molar-refractivity contribution >= 4 is 57.2 Å². The first-order valence-corrected chi connectivity index (χ1v) is 11.2. The number of halogens is 3. The number of ether oxygens (including phenoxy) is 1. The van der Waals surface area contributed by atoms with Crippen LogP contribution in [-0.4, -0.2) is 17.6 Å². The number of thiophene rings is 1. The molecule has 0 aliphatic carbocycles. The van der Waals surface area contributed by atoms with Crippen LogP contribution in [0.25, 0.3) is 10.4 Å². The fourth-order valence-corrected chi connectivity index (χ4v) is 4.49. The van der Waals surface area contributed by atoms with E-state index in [1.54, 1.807) is 58.0 Å². The average molecular weight is 495 g/mol. The number of anilines is 2. The third kappa shape index (κ3) is 5.79. The predicted molar refractivity (Wildman–Crippen MR) is 129 cm³/mol. The largest absolute Gasteiger partial charge is 0.456 e. The summed E-state index contributed by atoms with van der Waals surface area (Å²) in [5.41, 5.74) is 1.14. The van der Waals surface area contributed by atoms with Crippen molar-refractivity contribution in [2.45, 2.75) is 33.3 Å². The van der Waals surface area contributed by atoms with Crippen LogP contribution in [-0.2, 0) is 4.74 Å². The number of carbonyl (C=O) groups is 2. The molecule has 0 aliphatic rings. The molecule has 0 radical (unpaired) electrons. The van der Waals surface area contributed by atoms with Crippen LogP contribution in [0.1, 0.15) is 36.7 Å². The van der Waals surface area contributed by atoms with Gasteiger partial charge in [-0.3, -0.25) is 5.32 Å². The van der Waals surface area contributed by atoms with E-state index in [1.807, 2.05) is 0 Å². The summed E-state index contributed by atoms with van der Waals surface area (Å²) < 4.78 is 19.0. The number of hydrogen-bond donors (Lipinski definition) is 2. The molecule has 3 aromatic rings. The molecule has 2 aromatic carbocycles. The second-order valence-corrected chi connectivity index (χ2v) is 9.86. The second-order valence-electron chi connectivity index (χ2n) is 7.99. The highest BCUT2D eigenvalue weighted by atomic mass is 35.5. The maximum Gasteiger partial charge on any atom is 0.341 e. The Morgan fingerprint density at radius 2 is 1.69 bits per heavy atom. The van der Waals surface area contributed by atoms with Gasteiger partial charge in [0.05, 0.1) is 21.3 Å². The van der Waals surface area contributed by atoms with Gasteiger partial charge >= 0.3 is 12.0 Å². The summed E-state index contributed by atoms with van der Waals surface area (Å²) >= 11 is 13.4. The molecule has 0 saturated heterocycles. The molecule has 0 spiro atoms. The van der Waals surface area contributed by atoms with Crippen LogP contribution in [0, 0.1) is 12.7 Å². The smallest absolute Gasteiger partial charge is 0.341 e. The van der Waals surface area contributed by atoms with Gasteiger partial charge in [0, 0.05) is 4.88 Å². The summed E-state index contributed by atoms with van der Waals surface area (Å²) in [6.07, 6.45) is 0. The molecule has 168 valence electrons. The lowest BCUT2D eigenvalue weighted by Crippen LogP contribution is -2.25. The Morgan fingerprint density at radius 1 is 1.03 bits per heavy atom. The number of carbonyl (C=O) groups excluding carboxylic acids is 2. The topological polar surface area (TPSA) is 67.4 Å². The molecule has 32 heavy (non-hydrogen) atoms. The van der Waals surface area contributed by atoms with Gasteiger partial charge in [-0.2, -0.15) is 0 Å². The minimum Gasteiger partial charge on any atom is -0.456 e. The van der Waals surface area contributed by atoms with Gasteiger partial charge in [-0.1, -0.05) is 35.3 Å². The van der Waals surface area contributed by atoms with E-state index in [-0.39, 0.29) is 32.1 Å². The highest BCUT2D eigenvalue weighted by Crippen LogP contribution is 2.38. The Morgan fingerprint density at radius 3 is 2.28 bits per heavy atom. The normalized spacial score (nSPS) is 11.2. The zero-order chi connectivity index (χ0) is 23.6. The molecule has 1 aromatic heterocycles. The Kier molecular flexibility index (Phi) is 7.12. The van der Waals surface area contributed by atoms with Crippen molar-refractivity contribution in [3.05, 3.63) is 69.5 Å². The van der Waals surface area contributed by atoms with Crippen LogP contribution in [0.4, 0.5) is 19.9 Å². The number of hydrogen-bond acceptors (Lipinski definition) is 4. The molecule has 0 unspecified atom stereocenters. The maximum absolute atomic E-state index is 13.5. The molecule has 3 rings (SSSR count). The number of nitrogens with one attached hydrogen (secondary N) is 2. The van der Waals surface area contributed by atoms with E-state index in [0.717, 1.165) is 5.56 Å². The molecule has 0 bridgehead atoms. The van der Waals surface area contributed by atoms with Gasteiger partial charge in [0.15, 0.2) is 0 Å². The zero-order valence-corrected chi connectivity index (χ0v) is 20.1. The number of para-hydroxylation sites is 1. The first-order valence-electron chi connectivity index (χ1n) is 9.60. The molecular weight excluding hydrogens is 474 g/mol. The van der Waals surface area contributed by atoms with E-state index in [0.29, 0.717) is 10.4 Å². The average Bonchev–Trinajstić information content (AvgIpc) is 3.07. The Balaban J connectivity index is 1.96. The quantitative estimate of drug-likeness (QED) is 0.364. The monoisotopic (exact) mass is 494 g/mol. The van der Waals surface area contributed by atoms with E-state index in [1.165, 1.54) is 23.5 Å². The van der Waals surface area contributed by atoms with Crippen molar-refractivity contribution < 1.29 is 18.7 Å². The number of urea groups is 1. The van der Waals surface area contributed by atoms with E-state index in [4.69, 9.17) is 27.9 Å². The molecule has 0 saturated carbocycles. The fraction of sp³-hybridized carbons (Fsp3) is 0.217. The summed E-state index contributed by atoms with van der Waals surface area (Å²) in [5.74, 6) is -0.949. The minimum atomic E-state index is -0.727.